The minimum Gasteiger partial charge on any atom is -0.294 e. The Morgan fingerprint density at radius 2 is 1.48 bits per heavy atom. The zero-order chi connectivity index (χ0) is 14.8. The lowest BCUT2D eigenvalue weighted by Crippen LogP contribution is -2.04. The summed E-state index contributed by atoms with van der Waals surface area (Å²) in [5, 5.41) is 2.39. The van der Waals surface area contributed by atoms with E-state index in [9.17, 15) is 4.79 Å². The van der Waals surface area contributed by atoms with E-state index < -0.39 is 0 Å². The van der Waals surface area contributed by atoms with E-state index in [1.165, 1.54) is 10.8 Å². The van der Waals surface area contributed by atoms with Gasteiger partial charge in [0.2, 0.25) is 0 Å². The van der Waals surface area contributed by atoms with Gasteiger partial charge in [-0.3, -0.25) is 4.79 Å². The summed E-state index contributed by atoms with van der Waals surface area (Å²) in [6.07, 6.45) is 0.452. The van der Waals surface area contributed by atoms with Crippen LogP contribution in [0.3, 0.4) is 0 Å². The Labute approximate surface area is 125 Å². The minimum atomic E-state index is 0.178. The van der Waals surface area contributed by atoms with Gasteiger partial charge in [0.25, 0.3) is 0 Å². The number of rotatable bonds is 3. The molecule has 0 radical (unpaired) electrons. The Bertz CT molecular complexity index is 795. The zero-order valence-electron chi connectivity index (χ0n) is 12.4. The topological polar surface area (TPSA) is 17.1 Å². The van der Waals surface area contributed by atoms with Crippen LogP contribution in [0.5, 0.6) is 0 Å². The van der Waals surface area contributed by atoms with Crippen molar-refractivity contribution in [2.45, 2.75) is 20.3 Å². The quantitative estimate of drug-likeness (QED) is 0.622. The van der Waals surface area contributed by atoms with Gasteiger partial charge in [0.05, 0.1) is 0 Å². The standard InChI is InChI=1S/C20H18O/c1-14-9-15(2)11-19(10-14)20(21)13-16-7-8-17-5-3-4-6-18(17)12-16/h3-12H,13H2,1-2H3. The van der Waals surface area contributed by atoms with Crippen molar-refractivity contribution in [2.75, 3.05) is 0 Å². The molecule has 0 aromatic heterocycles. The highest BCUT2D eigenvalue weighted by Gasteiger charge is 2.08. The van der Waals surface area contributed by atoms with Crippen LogP contribution in [-0.4, -0.2) is 5.78 Å². The third-order valence-corrected chi connectivity index (χ3v) is 3.72. The van der Waals surface area contributed by atoms with E-state index in [2.05, 4.69) is 30.3 Å². The SMILES string of the molecule is Cc1cc(C)cc(C(=O)Cc2ccc3ccccc3c2)c1. The van der Waals surface area contributed by atoms with Crippen LogP contribution in [0.2, 0.25) is 0 Å². The summed E-state index contributed by atoms with van der Waals surface area (Å²) in [5.41, 5.74) is 4.15. The first-order valence-electron chi connectivity index (χ1n) is 7.21. The first-order chi connectivity index (χ1) is 10.1. The van der Waals surface area contributed by atoms with Gasteiger partial charge in [-0.05, 0) is 42.3 Å². The molecule has 0 spiro atoms. The van der Waals surface area contributed by atoms with Gasteiger partial charge in [-0.2, -0.15) is 0 Å². The number of benzene rings is 3. The van der Waals surface area contributed by atoms with Crippen LogP contribution in [0.25, 0.3) is 10.8 Å². The molecular weight excluding hydrogens is 256 g/mol. The van der Waals surface area contributed by atoms with Crippen LogP contribution in [0.1, 0.15) is 27.0 Å². The fourth-order valence-electron chi connectivity index (χ4n) is 2.77. The maximum atomic E-state index is 12.5. The third-order valence-electron chi connectivity index (χ3n) is 3.72. The molecule has 0 aliphatic rings. The van der Waals surface area contributed by atoms with Crippen molar-refractivity contribution in [1.82, 2.24) is 0 Å². The summed E-state index contributed by atoms with van der Waals surface area (Å²) in [5.74, 6) is 0.178. The predicted molar refractivity (Wildman–Crippen MR) is 87.9 cm³/mol. The molecule has 0 amide bonds. The maximum Gasteiger partial charge on any atom is 0.167 e. The second-order valence-corrected chi connectivity index (χ2v) is 5.66. The van der Waals surface area contributed by atoms with E-state index >= 15 is 0 Å². The van der Waals surface area contributed by atoms with E-state index in [1.807, 2.05) is 44.2 Å². The van der Waals surface area contributed by atoms with Gasteiger partial charge in [-0.25, -0.2) is 0 Å². The van der Waals surface area contributed by atoms with Crippen molar-refractivity contribution in [3.8, 4) is 0 Å². The van der Waals surface area contributed by atoms with Crippen molar-refractivity contribution in [2.24, 2.45) is 0 Å². The molecule has 0 fully saturated rings. The van der Waals surface area contributed by atoms with E-state index in [-0.39, 0.29) is 5.78 Å². The number of Topliss-reactive ketones (excluding diaryl/α,β-unsaturated/α-hetero) is 1. The smallest absolute Gasteiger partial charge is 0.167 e. The largest absolute Gasteiger partial charge is 0.294 e. The third kappa shape index (κ3) is 3.03. The number of carbonyl (C=O) groups excluding carboxylic acids is 1. The van der Waals surface area contributed by atoms with Gasteiger partial charge in [0.15, 0.2) is 5.78 Å². The van der Waals surface area contributed by atoms with Crippen LogP contribution >= 0.6 is 0 Å². The molecule has 0 N–H and O–H groups in total. The zero-order valence-corrected chi connectivity index (χ0v) is 12.4. The number of hydrogen-bond acceptors (Lipinski definition) is 1. The molecule has 0 heterocycles. The van der Waals surface area contributed by atoms with E-state index in [0.717, 1.165) is 22.3 Å². The van der Waals surface area contributed by atoms with Crippen molar-refractivity contribution in [3.05, 3.63) is 82.9 Å². The second kappa shape index (κ2) is 5.53. The maximum absolute atomic E-state index is 12.5. The summed E-state index contributed by atoms with van der Waals surface area (Å²) in [6.45, 7) is 4.06. The van der Waals surface area contributed by atoms with Crippen LogP contribution in [0.15, 0.2) is 60.7 Å². The van der Waals surface area contributed by atoms with Gasteiger partial charge in [-0.15, -0.1) is 0 Å². The molecule has 104 valence electrons. The number of ketones is 1. The monoisotopic (exact) mass is 274 g/mol. The van der Waals surface area contributed by atoms with Crippen molar-refractivity contribution < 1.29 is 4.79 Å². The molecule has 0 aliphatic heterocycles. The molecule has 0 atom stereocenters. The Morgan fingerprint density at radius 1 is 0.810 bits per heavy atom. The fraction of sp³-hybridized carbons (Fsp3) is 0.150. The molecule has 1 nitrogen and oxygen atoms in total. The molecule has 21 heavy (non-hydrogen) atoms. The normalized spacial score (nSPS) is 10.8. The predicted octanol–water partition coefficient (Wildman–Crippen LogP) is 4.88. The van der Waals surface area contributed by atoms with Crippen molar-refractivity contribution in [1.29, 1.82) is 0 Å². The van der Waals surface area contributed by atoms with Crippen LogP contribution in [0.4, 0.5) is 0 Å². The Morgan fingerprint density at radius 3 is 2.19 bits per heavy atom. The molecule has 0 saturated heterocycles. The molecule has 0 bridgehead atoms. The molecule has 3 aromatic rings. The Balaban J connectivity index is 1.88. The summed E-state index contributed by atoms with van der Waals surface area (Å²) in [4.78, 5) is 12.5. The highest BCUT2D eigenvalue weighted by molar-refractivity contribution is 5.98. The van der Waals surface area contributed by atoms with Crippen LogP contribution in [-0.2, 0) is 6.42 Å². The molecule has 3 aromatic carbocycles. The minimum absolute atomic E-state index is 0.178. The molecular formula is C20H18O. The lowest BCUT2D eigenvalue weighted by Gasteiger charge is -2.06. The highest BCUT2D eigenvalue weighted by atomic mass is 16.1. The summed E-state index contributed by atoms with van der Waals surface area (Å²) in [7, 11) is 0. The highest BCUT2D eigenvalue weighted by Crippen LogP contribution is 2.18. The lowest BCUT2D eigenvalue weighted by molar-refractivity contribution is 0.0993. The molecule has 3 rings (SSSR count). The molecule has 0 aliphatic carbocycles. The first-order valence-corrected chi connectivity index (χ1v) is 7.21. The van der Waals surface area contributed by atoms with Gasteiger partial charge >= 0.3 is 0 Å². The summed E-state index contributed by atoms with van der Waals surface area (Å²) in [6, 6.07) is 20.5. The number of carbonyl (C=O) groups is 1. The Hall–Kier alpha value is -2.41. The van der Waals surface area contributed by atoms with Gasteiger partial charge in [-0.1, -0.05) is 59.7 Å². The van der Waals surface area contributed by atoms with E-state index in [1.54, 1.807) is 0 Å². The molecule has 1 heteroatoms. The second-order valence-electron chi connectivity index (χ2n) is 5.66. The fourth-order valence-corrected chi connectivity index (χ4v) is 2.77. The van der Waals surface area contributed by atoms with E-state index in [4.69, 9.17) is 0 Å². The van der Waals surface area contributed by atoms with Gasteiger partial charge in [0.1, 0.15) is 0 Å². The average molecular weight is 274 g/mol. The Kier molecular flexibility index (Phi) is 3.57. The first kappa shape index (κ1) is 13.6. The van der Waals surface area contributed by atoms with E-state index in [0.29, 0.717) is 6.42 Å². The average Bonchev–Trinajstić information content (AvgIpc) is 2.46. The van der Waals surface area contributed by atoms with Crippen molar-refractivity contribution in [3.63, 3.8) is 0 Å². The number of fused-ring (bicyclic) bond motifs is 1. The number of hydrogen-bond donors (Lipinski definition) is 0. The lowest BCUT2D eigenvalue weighted by atomic mass is 9.98. The van der Waals surface area contributed by atoms with Crippen LogP contribution in [0, 0.1) is 13.8 Å². The summed E-state index contributed by atoms with van der Waals surface area (Å²) < 4.78 is 0. The van der Waals surface area contributed by atoms with Gasteiger partial charge in [0, 0.05) is 12.0 Å². The summed E-state index contributed by atoms with van der Waals surface area (Å²) >= 11 is 0. The van der Waals surface area contributed by atoms with Crippen LogP contribution < -0.4 is 0 Å². The molecule has 0 unspecified atom stereocenters. The van der Waals surface area contributed by atoms with Crippen molar-refractivity contribution >= 4 is 16.6 Å². The number of aryl methyl sites for hydroxylation is 2. The van der Waals surface area contributed by atoms with Gasteiger partial charge < -0.3 is 0 Å². The molecule has 0 saturated carbocycles.